The Morgan fingerprint density at radius 2 is 0.982 bits per heavy atom. The van der Waals surface area contributed by atoms with Crippen LogP contribution in [0.2, 0.25) is 0 Å². The van der Waals surface area contributed by atoms with Crippen LogP contribution in [0.4, 0.5) is 11.4 Å². The molecule has 1 aliphatic heterocycles. The van der Waals surface area contributed by atoms with E-state index in [0.717, 1.165) is 66.3 Å². The minimum Gasteiger partial charge on any atom is -0.308 e. The van der Waals surface area contributed by atoms with Gasteiger partial charge in [0.1, 0.15) is 0 Å². The summed E-state index contributed by atoms with van der Waals surface area (Å²) in [5.74, 6) is -0.750. The number of benzene rings is 8. The number of rotatable bonds is 6. The van der Waals surface area contributed by atoms with E-state index in [1.54, 1.807) is 12.1 Å². The molecule has 1 aliphatic rings. The van der Waals surface area contributed by atoms with Gasteiger partial charge in [0.25, 0.3) is 11.8 Å². The van der Waals surface area contributed by atoms with Crippen LogP contribution in [0.1, 0.15) is 20.7 Å². The molecule has 1 aromatic heterocycles. The zero-order valence-corrected chi connectivity index (χ0v) is 30.1. The van der Waals surface area contributed by atoms with Gasteiger partial charge >= 0.3 is 0 Å². The molecule has 0 unspecified atom stereocenters. The highest BCUT2D eigenvalue weighted by Crippen LogP contribution is 2.47. The van der Waals surface area contributed by atoms with Crippen molar-refractivity contribution in [2.24, 2.45) is 0 Å². The molecule has 0 saturated carbocycles. The van der Waals surface area contributed by atoms with E-state index in [0.29, 0.717) is 28.2 Å². The zero-order chi connectivity index (χ0) is 37.8. The van der Waals surface area contributed by atoms with Gasteiger partial charge < -0.3 is 4.57 Å². The number of anilines is 1. The Labute approximate surface area is 323 Å². The van der Waals surface area contributed by atoms with Crippen molar-refractivity contribution >= 4 is 45.0 Å². The predicted octanol–water partition coefficient (Wildman–Crippen LogP) is 12.8. The lowest BCUT2D eigenvalue weighted by Crippen LogP contribution is -2.30. The summed E-state index contributed by atoms with van der Waals surface area (Å²) < 4.78 is 2.11. The number of carbonyl (C=O) groups excluding carboxylic acids is 2. The maximum Gasteiger partial charge on any atom is 0.268 e. The number of para-hydroxylation sites is 1. The number of carbonyl (C=O) groups is 2. The molecule has 2 amide bonds. The smallest absolute Gasteiger partial charge is 0.268 e. The first-order valence-corrected chi connectivity index (χ1v) is 18.5. The predicted molar refractivity (Wildman–Crippen MR) is 226 cm³/mol. The van der Waals surface area contributed by atoms with Crippen molar-refractivity contribution in [3.63, 3.8) is 0 Å². The molecule has 0 aliphatic carbocycles. The highest BCUT2D eigenvalue weighted by molar-refractivity contribution is 6.37. The number of amides is 2. The molecule has 262 valence electrons. The van der Waals surface area contributed by atoms with Gasteiger partial charge in [0, 0.05) is 21.9 Å². The number of aromatic nitrogens is 1. The van der Waals surface area contributed by atoms with Crippen LogP contribution in [0.5, 0.6) is 0 Å². The number of hydrogen-bond donors (Lipinski definition) is 0. The van der Waals surface area contributed by atoms with Crippen molar-refractivity contribution in [3.05, 3.63) is 211 Å². The zero-order valence-electron chi connectivity index (χ0n) is 30.1. The quantitative estimate of drug-likeness (QED) is 0.127. The summed E-state index contributed by atoms with van der Waals surface area (Å²) in [6.45, 7) is 7.57. The lowest BCUT2D eigenvalue weighted by Gasteiger charge is -2.24. The van der Waals surface area contributed by atoms with Gasteiger partial charge in [0.2, 0.25) is 0 Å². The molecule has 5 heteroatoms. The Morgan fingerprint density at radius 1 is 0.411 bits per heavy atom. The summed E-state index contributed by atoms with van der Waals surface area (Å²) in [4.78, 5) is 35.3. The first-order chi connectivity index (χ1) is 27.6. The Morgan fingerprint density at radius 3 is 1.66 bits per heavy atom. The van der Waals surface area contributed by atoms with E-state index in [9.17, 15) is 4.79 Å². The fraction of sp³-hybridized carbons (Fsp3) is 0. The Kier molecular flexibility index (Phi) is 7.76. The van der Waals surface area contributed by atoms with Crippen LogP contribution in [0.25, 0.3) is 76.8 Å². The molecule has 0 bridgehead atoms. The Hall–Kier alpha value is -7.81. The van der Waals surface area contributed by atoms with E-state index in [4.69, 9.17) is 6.57 Å². The summed E-state index contributed by atoms with van der Waals surface area (Å²) >= 11 is 0. The molecule has 2 heterocycles. The lowest BCUT2D eigenvalue weighted by molar-refractivity contribution is 0.0926. The molecule has 0 spiro atoms. The van der Waals surface area contributed by atoms with Crippen molar-refractivity contribution in [2.75, 3.05) is 4.90 Å². The maximum atomic E-state index is 15.3. The second kappa shape index (κ2) is 13.2. The summed E-state index contributed by atoms with van der Waals surface area (Å²) in [6, 6.07) is 61.9. The highest BCUT2D eigenvalue weighted by Gasteiger charge is 2.41. The number of imide groups is 1. The minimum absolute atomic E-state index is 0.351. The van der Waals surface area contributed by atoms with E-state index in [2.05, 4.69) is 64.0 Å². The fourth-order valence-electron chi connectivity index (χ4n) is 8.17. The van der Waals surface area contributed by atoms with Gasteiger partial charge in [-0.05, 0) is 75.8 Å². The maximum absolute atomic E-state index is 15.3. The van der Waals surface area contributed by atoms with Crippen LogP contribution in [-0.4, -0.2) is 16.4 Å². The second-order valence-electron chi connectivity index (χ2n) is 13.9. The van der Waals surface area contributed by atoms with E-state index < -0.39 is 0 Å². The van der Waals surface area contributed by atoms with E-state index in [1.165, 1.54) is 4.90 Å². The van der Waals surface area contributed by atoms with Crippen molar-refractivity contribution in [3.8, 4) is 50.2 Å². The third kappa shape index (κ3) is 5.24. The average molecular weight is 718 g/mol. The van der Waals surface area contributed by atoms with Crippen LogP contribution in [0.3, 0.4) is 0 Å². The normalized spacial score (nSPS) is 12.3. The summed E-state index contributed by atoms with van der Waals surface area (Å²) in [5.41, 5.74) is 11.5. The molecule has 0 radical (unpaired) electrons. The molecule has 10 rings (SSSR count). The topological polar surface area (TPSA) is 46.7 Å². The monoisotopic (exact) mass is 717 g/mol. The first-order valence-electron chi connectivity index (χ1n) is 18.5. The molecule has 9 aromatic rings. The largest absolute Gasteiger partial charge is 0.308 e. The van der Waals surface area contributed by atoms with E-state index >= 15 is 4.79 Å². The molecule has 0 atom stereocenters. The average Bonchev–Trinajstić information content (AvgIpc) is 3.73. The first kappa shape index (κ1) is 32.8. The third-order valence-corrected chi connectivity index (χ3v) is 10.7. The van der Waals surface area contributed by atoms with Gasteiger partial charge in [-0.3, -0.25) is 9.59 Å². The molecule has 0 N–H and O–H groups in total. The summed E-state index contributed by atoms with van der Waals surface area (Å²) in [5, 5.41) is 2.05. The lowest BCUT2D eigenvalue weighted by atomic mass is 9.90. The Balaban J connectivity index is 1.22. The van der Waals surface area contributed by atoms with Crippen molar-refractivity contribution in [1.82, 2.24) is 4.57 Å². The highest BCUT2D eigenvalue weighted by atomic mass is 16.2. The van der Waals surface area contributed by atoms with Crippen LogP contribution in [-0.2, 0) is 0 Å². The van der Waals surface area contributed by atoms with Gasteiger partial charge in [-0.25, -0.2) is 9.74 Å². The third-order valence-electron chi connectivity index (χ3n) is 10.7. The van der Waals surface area contributed by atoms with Crippen LogP contribution in [0.15, 0.2) is 188 Å². The van der Waals surface area contributed by atoms with E-state index in [-0.39, 0.29) is 11.8 Å². The van der Waals surface area contributed by atoms with Crippen LogP contribution in [0, 0.1) is 6.57 Å². The van der Waals surface area contributed by atoms with Gasteiger partial charge in [0.15, 0.2) is 5.69 Å². The molecular weight excluding hydrogens is 687 g/mol. The number of nitrogens with zero attached hydrogens (tertiary/aromatic N) is 3. The molecule has 56 heavy (non-hydrogen) atoms. The molecule has 8 aromatic carbocycles. The molecule has 0 fully saturated rings. The number of hydrogen-bond acceptors (Lipinski definition) is 2. The SMILES string of the molecule is [C-]#[N+]c1cccc(-c2ccc3c4ccccc4n(-c4cccc5c4C(=O)N(c4c(-c6ccccc6)cc(-c6ccccc6)cc4-c4ccccc4)C5=O)c3c2)c1. The van der Waals surface area contributed by atoms with Crippen molar-refractivity contribution in [1.29, 1.82) is 0 Å². The molecule has 5 nitrogen and oxygen atoms in total. The standard InChI is InChI=1S/C51H31N3O2/c1-52-39-22-13-21-36(29-39)37-27-28-41-40-23-11-12-25-45(40)53(47(41)32-37)46-26-14-24-42-48(46)51(56)54(50(42)55)49-43(34-17-7-3-8-18-34)30-38(33-15-5-2-6-16-33)31-44(49)35-19-9-4-10-20-35/h2-32H. The van der Waals surface area contributed by atoms with Crippen LogP contribution < -0.4 is 4.90 Å². The molecule has 0 saturated heterocycles. The van der Waals surface area contributed by atoms with Gasteiger partial charge in [0.05, 0.1) is 40.1 Å². The summed E-state index contributed by atoms with van der Waals surface area (Å²) in [6.07, 6.45) is 0. The van der Waals surface area contributed by atoms with Crippen molar-refractivity contribution in [2.45, 2.75) is 0 Å². The van der Waals surface area contributed by atoms with Crippen molar-refractivity contribution < 1.29 is 9.59 Å². The summed E-state index contributed by atoms with van der Waals surface area (Å²) in [7, 11) is 0. The van der Waals surface area contributed by atoms with Gasteiger partial charge in [-0.1, -0.05) is 146 Å². The molecular formula is C51H31N3O2. The van der Waals surface area contributed by atoms with Gasteiger partial charge in [-0.2, -0.15) is 0 Å². The van der Waals surface area contributed by atoms with Gasteiger partial charge in [-0.15, -0.1) is 0 Å². The number of fused-ring (bicyclic) bond motifs is 4. The minimum atomic E-state index is -0.380. The second-order valence-corrected chi connectivity index (χ2v) is 13.9. The van der Waals surface area contributed by atoms with E-state index in [1.807, 2.05) is 121 Å². The van der Waals surface area contributed by atoms with Crippen LogP contribution >= 0.6 is 0 Å². The Bertz CT molecular complexity index is 3010. The fourth-order valence-corrected chi connectivity index (χ4v) is 8.17.